The summed E-state index contributed by atoms with van der Waals surface area (Å²) in [5, 5.41) is 5.94. The summed E-state index contributed by atoms with van der Waals surface area (Å²) in [5.41, 5.74) is 2.42. The van der Waals surface area contributed by atoms with Crippen molar-refractivity contribution in [3.05, 3.63) is 59.7 Å². The molecule has 0 bridgehead atoms. The molecule has 0 saturated heterocycles. The number of nitrogens with one attached hydrogen (secondary N) is 2. The molecule has 4 rings (SSSR count). The minimum absolute atomic E-state index is 0.122. The first kappa shape index (κ1) is 16.8. The number of carbonyl (C=O) groups is 1. The van der Waals surface area contributed by atoms with Gasteiger partial charge in [-0.15, -0.1) is 0 Å². The molecule has 0 saturated carbocycles. The van der Waals surface area contributed by atoms with Crippen LogP contribution in [-0.4, -0.2) is 32.3 Å². The van der Waals surface area contributed by atoms with Crippen LogP contribution in [0, 0.1) is 11.8 Å². The van der Waals surface area contributed by atoms with Gasteiger partial charge in [0, 0.05) is 24.9 Å². The Balaban J connectivity index is 1.20. The standard InChI is InChI=1S/C21H24N2O3/c24-21(22-11-15-9-17-5-1-3-7-19(17)25-13-15)23-12-16-10-18-6-2-4-8-20(18)26-14-16/h1-8,15-16H,9-14H2,(H2,22,23,24)/t15-,16-/m0/s1. The maximum Gasteiger partial charge on any atom is 0.314 e. The number of carbonyl (C=O) groups excluding carboxylic acids is 1. The molecule has 0 radical (unpaired) electrons. The second kappa shape index (κ2) is 7.68. The highest BCUT2D eigenvalue weighted by molar-refractivity contribution is 5.73. The molecule has 136 valence electrons. The Labute approximate surface area is 153 Å². The highest BCUT2D eigenvalue weighted by Crippen LogP contribution is 2.27. The second-order valence-electron chi connectivity index (χ2n) is 7.07. The van der Waals surface area contributed by atoms with E-state index in [0.717, 1.165) is 24.3 Å². The number of benzene rings is 2. The summed E-state index contributed by atoms with van der Waals surface area (Å²) in [6, 6.07) is 16.1. The van der Waals surface area contributed by atoms with E-state index >= 15 is 0 Å². The molecule has 5 heteroatoms. The van der Waals surface area contributed by atoms with E-state index < -0.39 is 0 Å². The van der Waals surface area contributed by atoms with Crippen LogP contribution < -0.4 is 20.1 Å². The Morgan fingerprint density at radius 3 is 1.77 bits per heavy atom. The van der Waals surface area contributed by atoms with Gasteiger partial charge in [-0.25, -0.2) is 4.79 Å². The molecule has 0 aromatic heterocycles. The number of fused-ring (bicyclic) bond motifs is 2. The molecule has 26 heavy (non-hydrogen) atoms. The van der Waals surface area contributed by atoms with Crippen molar-refractivity contribution in [2.24, 2.45) is 11.8 Å². The van der Waals surface area contributed by atoms with Crippen molar-refractivity contribution < 1.29 is 14.3 Å². The third-order valence-electron chi connectivity index (χ3n) is 5.01. The largest absolute Gasteiger partial charge is 0.493 e. The Hall–Kier alpha value is -2.69. The molecule has 2 atom stereocenters. The molecule has 5 nitrogen and oxygen atoms in total. The van der Waals surface area contributed by atoms with E-state index in [9.17, 15) is 4.79 Å². The van der Waals surface area contributed by atoms with Crippen LogP contribution in [0.15, 0.2) is 48.5 Å². The summed E-state index contributed by atoms with van der Waals surface area (Å²) in [6.45, 7) is 2.52. The Morgan fingerprint density at radius 1 is 0.808 bits per heavy atom. The van der Waals surface area contributed by atoms with Crippen molar-refractivity contribution in [2.75, 3.05) is 26.3 Å². The average molecular weight is 352 g/mol. The molecule has 2 amide bonds. The third kappa shape index (κ3) is 3.93. The molecule has 2 aromatic rings. The van der Waals surface area contributed by atoms with Gasteiger partial charge in [0.2, 0.25) is 0 Å². The molecule has 0 aliphatic carbocycles. The van der Waals surface area contributed by atoms with Crippen LogP contribution in [0.2, 0.25) is 0 Å². The summed E-state index contributed by atoms with van der Waals surface area (Å²) in [7, 11) is 0. The molecular weight excluding hydrogens is 328 g/mol. The van der Waals surface area contributed by atoms with Gasteiger partial charge in [-0.05, 0) is 36.1 Å². The lowest BCUT2D eigenvalue weighted by molar-refractivity contribution is 0.203. The highest BCUT2D eigenvalue weighted by atomic mass is 16.5. The predicted octanol–water partition coefficient (Wildman–Crippen LogP) is 2.79. The highest BCUT2D eigenvalue weighted by Gasteiger charge is 2.22. The third-order valence-corrected chi connectivity index (χ3v) is 5.01. The Kier molecular flexibility index (Phi) is 4.95. The summed E-state index contributed by atoms with van der Waals surface area (Å²) < 4.78 is 11.5. The molecule has 0 fully saturated rings. The first-order valence-electron chi connectivity index (χ1n) is 9.21. The maximum absolute atomic E-state index is 12.1. The lowest BCUT2D eigenvalue weighted by Crippen LogP contribution is -2.43. The fourth-order valence-corrected chi connectivity index (χ4v) is 3.58. The monoisotopic (exact) mass is 352 g/mol. The zero-order chi connectivity index (χ0) is 17.8. The van der Waals surface area contributed by atoms with Crippen LogP contribution in [-0.2, 0) is 12.8 Å². The minimum atomic E-state index is -0.122. The predicted molar refractivity (Wildman–Crippen MR) is 99.7 cm³/mol. The second-order valence-corrected chi connectivity index (χ2v) is 7.07. The lowest BCUT2D eigenvalue weighted by Gasteiger charge is -2.26. The van der Waals surface area contributed by atoms with Crippen molar-refractivity contribution in [1.29, 1.82) is 0 Å². The van der Waals surface area contributed by atoms with Crippen LogP contribution in [0.1, 0.15) is 11.1 Å². The van der Waals surface area contributed by atoms with Gasteiger partial charge in [-0.2, -0.15) is 0 Å². The van der Waals surface area contributed by atoms with E-state index in [1.165, 1.54) is 11.1 Å². The first-order chi connectivity index (χ1) is 12.8. The van der Waals surface area contributed by atoms with E-state index in [4.69, 9.17) is 9.47 Å². The zero-order valence-corrected chi connectivity index (χ0v) is 14.7. The molecule has 2 aliphatic heterocycles. The number of rotatable bonds is 4. The van der Waals surface area contributed by atoms with Crippen LogP contribution in [0.3, 0.4) is 0 Å². The molecular formula is C21H24N2O3. The van der Waals surface area contributed by atoms with Crippen LogP contribution >= 0.6 is 0 Å². The van der Waals surface area contributed by atoms with E-state index in [1.807, 2.05) is 36.4 Å². The van der Waals surface area contributed by atoms with Crippen molar-refractivity contribution in [3.8, 4) is 11.5 Å². The van der Waals surface area contributed by atoms with Crippen LogP contribution in [0.5, 0.6) is 11.5 Å². The molecule has 2 N–H and O–H groups in total. The molecule has 2 aromatic carbocycles. The fraction of sp³-hybridized carbons (Fsp3) is 0.381. The molecule has 2 heterocycles. The van der Waals surface area contributed by atoms with Gasteiger partial charge in [-0.1, -0.05) is 36.4 Å². The van der Waals surface area contributed by atoms with E-state index in [1.54, 1.807) is 0 Å². The molecule has 0 unspecified atom stereocenters. The average Bonchev–Trinajstić information content (AvgIpc) is 2.70. The van der Waals surface area contributed by atoms with Crippen LogP contribution in [0.25, 0.3) is 0 Å². The Morgan fingerprint density at radius 2 is 1.27 bits per heavy atom. The number of para-hydroxylation sites is 2. The van der Waals surface area contributed by atoms with Gasteiger partial charge < -0.3 is 20.1 Å². The van der Waals surface area contributed by atoms with Gasteiger partial charge in [0.1, 0.15) is 11.5 Å². The van der Waals surface area contributed by atoms with E-state index in [2.05, 4.69) is 22.8 Å². The zero-order valence-electron chi connectivity index (χ0n) is 14.7. The van der Waals surface area contributed by atoms with Crippen molar-refractivity contribution in [3.63, 3.8) is 0 Å². The summed E-state index contributed by atoms with van der Waals surface area (Å²) in [5.74, 6) is 2.54. The smallest absolute Gasteiger partial charge is 0.314 e. The van der Waals surface area contributed by atoms with Crippen molar-refractivity contribution in [2.45, 2.75) is 12.8 Å². The van der Waals surface area contributed by atoms with Crippen molar-refractivity contribution in [1.82, 2.24) is 10.6 Å². The van der Waals surface area contributed by atoms with Crippen LogP contribution in [0.4, 0.5) is 4.79 Å². The van der Waals surface area contributed by atoms with Gasteiger partial charge in [-0.3, -0.25) is 0 Å². The summed E-state index contributed by atoms with van der Waals surface area (Å²) >= 11 is 0. The number of hydrogen-bond donors (Lipinski definition) is 2. The number of amides is 2. The Bertz CT molecular complexity index is 714. The topological polar surface area (TPSA) is 59.6 Å². The van der Waals surface area contributed by atoms with Gasteiger partial charge in [0.25, 0.3) is 0 Å². The normalized spacial score (nSPS) is 20.8. The van der Waals surface area contributed by atoms with Gasteiger partial charge >= 0.3 is 6.03 Å². The quantitative estimate of drug-likeness (QED) is 0.890. The summed E-state index contributed by atoms with van der Waals surface area (Å²) in [6.07, 6.45) is 1.87. The maximum atomic E-state index is 12.1. The van der Waals surface area contributed by atoms with Gasteiger partial charge in [0.05, 0.1) is 13.2 Å². The summed E-state index contributed by atoms with van der Waals surface area (Å²) in [4.78, 5) is 12.1. The number of urea groups is 1. The van der Waals surface area contributed by atoms with E-state index in [-0.39, 0.29) is 6.03 Å². The van der Waals surface area contributed by atoms with E-state index in [0.29, 0.717) is 38.1 Å². The SMILES string of the molecule is O=C(NC[C@H]1COc2ccccc2C1)NC[C@H]1COc2ccccc2C1. The molecule has 2 aliphatic rings. The fourth-order valence-electron chi connectivity index (χ4n) is 3.58. The minimum Gasteiger partial charge on any atom is -0.493 e. The first-order valence-corrected chi connectivity index (χ1v) is 9.21. The number of hydrogen-bond acceptors (Lipinski definition) is 3. The lowest BCUT2D eigenvalue weighted by atomic mass is 9.96. The van der Waals surface area contributed by atoms with Gasteiger partial charge in [0.15, 0.2) is 0 Å². The molecule has 0 spiro atoms. The van der Waals surface area contributed by atoms with Crippen molar-refractivity contribution >= 4 is 6.03 Å². The number of ether oxygens (including phenoxy) is 2.